The Morgan fingerprint density at radius 3 is 2.40 bits per heavy atom. The maximum atomic E-state index is 12.2. The molecule has 2 aliphatic rings. The maximum absolute atomic E-state index is 12.2. The molecule has 2 N–H and O–H groups in total. The number of amides is 1. The Morgan fingerprint density at radius 2 is 1.85 bits per heavy atom. The van der Waals surface area contributed by atoms with Gasteiger partial charge in [0.1, 0.15) is 0 Å². The fraction of sp³-hybridized carbons (Fsp3) is 0.875. The van der Waals surface area contributed by atoms with Gasteiger partial charge in [0.05, 0.1) is 5.41 Å². The molecule has 2 aliphatic carbocycles. The first-order valence-electron chi connectivity index (χ1n) is 7.96. The highest BCUT2D eigenvalue weighted by molar-refractivity contribution is 5.85. The summed E-state index contributed by atoms with van der Waals surface area (Å²) in [5.41, 5.74) is -0.796. The summed E-state index contributed by atoms with van der Waals surface area (Å²) in [6.07, 6.45) is 6.62. The zero-order valence-corrected chi connectivity index (χ0v) is 12.7. The minimum Gasteiger partial charge on any atom is -0.481 e. The van der Waals surface area contributed by atoms with E-state index in [9.17, 15) is 14.7 Å². The number of hydrogen-bond acceptors (Lipinski definition) is 2. The Morgan fingerprint density at radius 1 is 1.20 bits per heavy atom. The van der Waals surface area contributed by atoms with Crippen LogP contribution in [0, 0.1) is 17.3 Å². The minimum atomic E-state index is -0.796. The molecule has 2 rings (SSSR count). The van der Waals surface area contributed by atoms with Crippen molar-refractivity contribution in [3.8, 4) is 0 Å². The van der Waals surface area contributed by atoms with E-state index in [1.54, 1.807) is 0 Å². The Labute approximate surface area is 121 Å². The van der Waals surface area contributed by atoms with Gasteiger partial charge in [0, 0.05) is 12.5 Å². The van der Waals surface area contributed by atoms with Crippen LogP contribution in [0.4, 0.5) is 0 Å². The van der Waals surface area contributed by atoms with E-state index in [1.807, 2.05) is 0 Å². The molecule has 4 nitrogen and oxygen atoms in total. The van der Waals surface area contributed by atoms with E-state index in [4.69, 9.17) is 0 Å². The van der Waals surface area contributed by atoms with Crippen molar-refractivity contribution in [3.63, 3.8) is 0 Å². The quantitative estimate of drug-likeness (QED) is 0.832. The Bertz CT molecular complexity index is 374. The van der Waals surface area contributed by atoms with E-state index in [0.717, 1.165) is 38.0 Å². The average molecular weight is 281 g/mol. The van der Waals surface area contributed by atoms with E-state index >= 15 is 0 Å². The van der Waals surface area contributed by atoms with Crippen LogP contribution in [0.25, 0.3) is 0 Å². The highest BCUT2D eigenvalue weighted by Gasteiger charge is 2.43. The first-order chi connectivity index (χ1) is 9.43. The van der Waals surface area contributed by atoms with Crippen LogP contribution in [0.3, 0.4) is 0 Å². The molecular weight excluding hydrogens is 254 g/mol. The maximum Gasteiger partial charge on any atom is 0.310 e. The van der Waals surface area contributed by atoms with Gasteiger partial charge in [-0.2, -0.15) is 0 Å². The molecule has 3 unspecified atom stereocenters. The van der Waals surface area contributed by atoms with Crippen LogP contribution < -0.4 is 5.32 Å². The minimum absolute atomic E-state index is 0.0688. The van der Waals surface area contributed by atoms with Gasteiger partial charge >= 0.3 is 5.97 Å². The van der Waals surface area contributed by atoms with Crippen molar-refractivity contribution in [2.45, 2.75) is 71.3 Å². The lowest BCUT2D eigenvalue weighted by atomic mass is 9.79. The normalized spacial score (nSPS) is 32.8. The number of carboxylic acids is 1. The molecule has 0 aromatic heterocycles. The van der Waals surface area contributed by atoms with Crippen LogP contribution in [0.15, 0.2) is 0 Å². The molecule has 1 amide bonds. The van der Waals surface area contributed by atoms with Crippen molar-refractivity contribution in [1.82, 2.24) is 5.32 Å². The smallest absolute Gasteiger partial charge is 0.310 e. The zero-order valence-electron chi connectivity index (χ0n) is 12.7. The van der Waals surface area contributed by atoms with Gasteiger partial charge in [-0.25, -0.2) is 0 Å². The van der Waals surface area contributed by atoms with Crippen LogP contribution >= 0.6 is 0 Å². The van der Waals surface area contributed by atoms with Crippen molar-refractivity contribution >= 4 is 11.9 Å². The Hall–Kier alpha value is -1.06. The summed E-state index contributed by atoms with van der Waals surface area (Å²) in [4.78, 5) is 23.7. The summed E-state index contributed by atoms with van der Waals surface area (Å²) in [6.45, 7) is 4.44. The molecule has 0 heterocycles. The number of carbonyl (C=O) groups is 2. The molecule has 20 heavy (non-hydrogen) atoms. The lowest BCUT2D eigenvalue weighted by Gasteiger charge is -2.34. The molecule has 0 aromatic rings. The number of aliphatic carboxylic acids is 1. The second-order valence-corrected chi connectivity index (χ2v) is 7.04. The number of rotatable bonds is 4. The van der Waals surface area contributed by atoms with Crippen LogP contribution in [0.2, 0.25) is 0 Å². The predicted octanol–water partition coefficient (Wildman–Crippen LogP) is 2.96. The molecule has 0 radical (unpaired) electrons. The van der Waals surface area contributed by atoms with Crippen LogP contribution in [-0.2, 0) is 9.59 Å². The van der Waals surface area contributed by atoms with Crippen molar-refractivity contribution in [2.24, 2.45) is 17.3 Å². The molecule has 2 saturated carbocycles. The Balaban J connectivity index is 1.90. The summed E-state index contributed by atoms with van der Waals surface area (Å²) >= 11 is 0. The SMILES string of the molecule is CC1CCC(NC(=O)CC2(C(=O)O)CCCC2)C(C)C1. The standard InChI is InChI=1S/C16H27NO3/c1-11-5-6-13(12(2)9-11)17-14(18)10-16(15(19)20)7-3-4-8-16/h11-13H,3-10H2,1-2H3,(H,17,18)(H,19,20). The van der Waals surface area contributed by atoms with E-state index in [-0.39, 0.29) is 18.4 Å². The second-order valence-electron chi connectivity index (χ2n) is 7.04. The first-order valence-corrected chi connectivity index (χ1v) is 7.96. The van der Waals surface area contributed by atoms with Gasteiger partial charge in [-0.05, 0) is 43.9 Å². The zero-order chi connectivity index (χ0) is 14.8. The van der Waals surface area contributed by atoms with Crippen LogP contribution in [0.5, 0.6) is 0 Å². The summed E-state index contributed by atoms with van der Waals surface area (Å²) < 4.78 is 0. The summed E-state index contributed by atoms with van der Waals surface area (Å²) in [6, 6.07) is 0.228. The van der Waals surface area contributed by atoms with E-state index in [1.165, 1.54) is 0 Å². The van der Waals surface area contributed by atoms with Gasteiger partial charge in [0.15, 0.2) is 0 Å². The van der Waals surface area contributed by atoms with Gasteiger partial charge < -0.3 is 10.4 Å². The fourth-order valence-electron chi connectivity index (χ4n) is 3.96. The summed E-state index contributed by atoms with van der Waals surface area (Å²) in [5.74, 6) is 0.363. The molecule has 0 spiro atoms. The third-order valence-corrected chi connectivity index (χ3v) is 5.29. The monoisotopic (exact) mass is 281 g/mol. The second kappa shape index (κ2) is 6.15. The van der Waals surface area contributed by atoms with E-state index < -0.39 is 11.4 Å². The average Bonchev–Trinajstić information content (AvgIpc) is 2.82. The van der Waals surface area contributed by atoms with Gasteiger partial charge in [0.25, 0.3) is 0 Å². The molecule has 0 aliphatic heterocycles. The van der Waals surface area contributed by atoms with E-state index in [0.29, 0.717) is 18.8 Å². The molecule has 0 aromatic carbocycles. The number of nitrogens with one attached hydrogen (secondary N) is 1. The van der Waals surface area contributed by atoms with Crippen LogP contribution in [-0.4, -0.2) is 23.0 Å². The van der Waals surface area contributed by atoms with Gasteiger partial charge in [-0.3, -0.25) is 9.59 Å². The topological polar surface area (TPSA) is 66.4 Å². The van der Waals surface area contributed by atoms with Crippen molar-refractivity contribution in [3.05, 3.63) is 0 Å². The summed E-state index contributed by atoms with van der Waals surface area (Å²) in [5, 5.41) is 12.5. The largest absolute Gasteiger partial charge is 0.481 e. The highest BCUT2D eigenvalue weighted by atomic mass is 16.4. The molecule has 0 saturated heterocycles. The van der Waals surface area contributed by atoms with E-state index in [2.05, 4.69) is 19.2 Å². The van der Waals surface area contributed by atoms with Crippen molar-refractivity contribution in [2.75, 3.05) is 0 Å². The number of carbonyl (C=O) groups excluding carboxylic acids is 1. The fourth-order valence-corrected chi connectivity index (χ4v) is 3.96. The Kier molecular flexibility index (Phi) is 4.71. The third-order valence-electron chi connectivity index (χ3n) is 5.29. The highest BCUT2D eigenvalue weighted by Crippen LogP contribution is 2.41. The molecule has 0 bridgehead atoms. The third kappa shape index (κ3) is 3.33. The summed E-state index contributed by atoms with van der Waals surface area (Å²) in [7, 11) is 0. The lowest BCUT2D eigenvalue weighted by molar-refractivity contribution is -0.151. The molecule has 3 atom stereocenters. The van der Waals surface area contributed by atoms with Crippen LogP contribution in [0.1, 0.15) is 65.2 Å². The van der Waals surface area contributed by atoms with Gasteiger partial charge in [-0.15, -0.1) is 0 Å². The first kappa shape index (κ1) is 15.3. The number of hydrogen-bond donors (Lipinski definition) is 2. The van der Waals surface area contributed by atoms with Gasteiger partial charge in [-0.1, -0.05) is 26.7 Å². The molecular formula is C16H27NO3. The molecule has 2 fully saturated rings. The molecule has 4 heteroatoms. The predicted molar refractivity (Wildman–Crippen MR) is 77.3 cm³/mol. The number of carboxylic acid groups (broad SMARTS) is 1. The van der Waals surface area contributed by atoms with Gasteiger partial charge in [0.2, 0.25) is 5.91 Å². The van der Waals surface area contributed by atoms with Crippen molar-refractivity contribution in [1.29, 1.82) is 0 Å². The molecule has 114 valence electrons. The van der Waals surface area contributed by atoms with Crippen molar-refractivity contribution < 1.29 is 14.7 Å². The lowest BCUT2D eigenvalue weighted by Crippen LogP contribution is -2.45.